The Balaban J connectivity index is 1.48. The maximum absolute atomic E-state index is 13.2. The maximum atomic E-state index is 13.2. The molecule has 1 aliphatic rings. The normalized spacial score (nSPS) is 13.4. The van der Waals surface area contributed by atoms with Crippen LogP contribution in [0.3, 0.4) is 0 Å². The van der Waals surface area contributed by atoms with Crippen molar-refractivity contribution in [2.75, 3.05) is 45.3 Å². The zero-order valence-corrected chi connectivity index (χ0v) is 18.5. The van der Waals surface area contributed by atoms with E-state index in [0.717, 1.165) is 16.7 Å². The lowest BCUT2D eigenvalue weighted by Crippen LogP contribution is -2.47. The molecular weight excluding hydrogens is 422 g/mol. The van der Waals surface area contributed by atoms with Gasteiger partial charge < -0.3 is 24.6 Å². The van der Waals surface area contributed by atoms with Gasteiger partial charge in [-0.15, -0.1) is 0 Å². The van der Waals surface area contributed by atoms with Crippen LogP contribution in [0.25, 0.3) is 11.1 Å². The summed E-state index contributed by atoms with van der Waals surface area (Å²) in [5.41, 5.74) is 3.46. The van der Waals surface area contributed by atoms with Gasteiger partial charge in [0.05, 0.1) is 26.5 Å². The molecule has 1 saturated heterocycles. The average molecular weight is 450 g/mol. The van der Waals surface area contributed by atoms with Gasteiger partial charge in [-0.05, 0) is 35.4 Å². The molecule has 172 valence electrons. The van der Waals surface area contributed by atoms with Crippen molar-refractivity contribution in [2.24, 2.45) is 0 Å². The number of morpholine rings is 1. The molecular formula is C24H27N5O4. The number of aromatic nitrogens is 2. The van der Waals surface area contributed by atoms with Crippen LogP contribution in [0, 0.1) is 0 Å². The summed E-state index contributed by atoms with van der Waals surface area (Å²) in [6, 6.07) is 14.6. The molecule has 0 atom stereocenters. The van der Waals surface area contributed by atoms with Gasteiger partial charge in [0.15, 0.2) is 0 Å². The van der Waals surface area contributed by atoms with E-state index in [2.05, 4.69) is 15.5 Å². The van der Waals surface area contributed by atoms with Crippen molar-refractivity contribution in [3.63, 3.8) is 0 Å². The van der Waals surface area contributed by atoms with Crippen molar-refractivity contribution in [2.45, 2.75) is 6.54 Å². The summed E-state index contributed by atoms with van der Waals surface area (Å²) in [5, 5.41) is 9.65. The van der Waals surface area contributed by atoms with E-state index in [1.165, 1.54) is 4.90 Å². The number of nitrogens with zero attached hydrogens (tertiary/aromatic N) is 3. The summed E-state index contributed by atoms with van der Waals surface area (Å²) in [7, 11) is 1.60. The number of methoxy groups -OCH3 is 1. The number of benzene rings is 2. The van der Waals surface area contributed by atoms with Gasteiger partial charge in [-0.3, -0.25) is 9.89 Å². The number of urea groups is 1. The molecule has 1 aliphatic heterocycles. The quantitative estimate of drug-likeness (QED) is 0.578. The van der Waals surface area contributed by atoms with Crippen molar-refractivity contribution in [3.05, 3.63) is 66.5 Å². The van der Waals surface area contributed by atoms with Gasteiger partial charge in [-0.2, -0.15) is 5.10 Å². The number of rotatable bonds is 7. The third-order valence-corrected chi connectivity index (χ3v) is 5.45. The first-order valence-corrected chi connectivity index (χ1v) is 10.8. The molecule has 2 N–H and O–H groups in total. The smallest absolute Gasteiger partial charge is 0.322 e. The largest absolute Gasteiger partial charge is 0.497 e. The van der Waals surface area contributed by atoms with Crippen LogP contribution < -0.4 is 10.1 Å². The zero-order chi connectivity index (χ0) is 23.0. The molecule has 4 rings (SSSR count). The fraction of sp³-hybridized carbons (Fsp3) is 0.292. The first-order valence-electron chi connectivity index (χ1n) is 10.8. The number of hydrogen-bond donors (Lipinski definition) is 2. The second-order valence-electron chi connectivity index (χ2n) is 7.70. The Labute approximate surface area is 192 Å². The minimum absolute atomic E-state index is 0.0316. The average Bonchev–Trinajstić information content (AvgIpc) is 3.40. The Morgan fingerprint density at radius 1 is 1.15 bits per heavy atom. The Hall–Kier alpha value is -3.85. The summed E-state index contributed by atoms with van der Waals surface area (Å²) in [6.45, 7) is 2.32. The van der Waals surface area contributed by atoms with Gasteiger partial charge in [0.25, 0.3) is 0 Å². The van der Waals surface area contributed by atoms with Crippen molar-refractivity contribution >= 4 is 17.6 Å². The monoisotopic (exact) mass is 449 g/mol. The fourth-order valence-corrected chi connectivity index (χ4v) is 3.62. The lowest BCUT2D eigenvalue weighted by atomic mass is 10.1. The number of carbonyl (C=O) groups excluding carboxylic acids is 2. The molecule has 1 aromatic heterocycles. The highest BCUT2D eigenvalue weighted by Gasteiger charge is 2.23. The molecule has 0 radical (unpaired) electrons. The SMILES string of the molecule is COc1cccc(CN(CC(=O)N2CCOCC2)C(=O)Nc2ccc(-c3cn[nH]c3)cc2)c1. The summed E-state index contributed by atoms with van der Waals surface area (Å²) < 4.78 is 10.6. The molecule has 9 heteroatoms. The summed E-state index contributed by atoms with van der Waals surface area (Å²) in [5.74, 6) is 0.592. The second kappa shape index (κ2) is 10.6. The summed E-state index contributed by atoms with van der Waals surface area (Å²) in [4.78, 5) is 29.3. The van der Waals surface area contributed by atoms with E-state index < -0.39 is 0 Å². The van der Waals surface area contributed by atoms with Gasteiger partial charge >= 0.3 is 6.03 Å². The predicted octanol–water partition coefficient (Wildman–Crippen LogP) is 2.98. The zero-order valence-electron chi connectivity index (χ0n) is 18.5. The Kier molecular flexibility index (Phi) is 7.21. The Bertz CT molecular complexity index is 1060. The van der Waals surface area contributed by atoms with Crippen LogP contribution in [-0.2, 0) is 16.1 Å². The topological polar surface area (TPSA) is 99.8 Å². The number of carbonyl (C=O) groups is 2. The van der Waals surface area contributed by atoms with E-state index in [-0.39, 0.29) is 25.0 Å². The highest BCUT2D eigenvalue weighted by Crippen LogP contribution is 2.21. The summed E-state index contributed by atoms with van der Waals surface area (Å²) >= 11 is 0. The molecule has 1 fully saturated rings. The Morgan fingerprint density at radius 2 is 1.94 bits per heavy atom. The van der Waals surface area contributed by atoms with Crippen molar-refractivity contribution in [1.29, 1.82) is 0 Å². The van der Waals surface area contributed by atoms with E-state index in [1.54, 1.807) is 24.4 Å². The minimum Gasteiger partial charge on any atom is -0.497 e. The van der Waals surface area contributed by atoms with Crippen LogP contribution >= 0.6 is 0 Å². The third-order valence-electron chi connectivity index (χ3n) is 5.45. The lowest BCUT2D eigenvalue weighted by Gasteiger charge is -2.30. The first-order chi connectivity index (χ1) is 16.1. The number of anilines is 1. The van der Waals surface area contributed by atoms with Crippen molar-refractivity contribution < 1.29 is 19.1 Å². The molecule has 33 heavy (non-hydrogen) atoms. The van der Waals surface area contributed by atoms with Crippen LogP contribution in [0.5, 0.6) is 5.75 Å². The number of nitrogens with one attached hydrogen (secondary N) is 2. The first kappa shape index (κ1) is 22.3. The number of aromatic amines is 1. The lowest BCUT2D eigenvalue weighted by molar-refractivity contribution is -0.135. The third kappa shape index (κ3) is 5.89. The number of ether oxygens (including phenoxy) is 2. The molecule has 2 heterocycles. The van der Waals surface area contributed by atoms with Gasteiger partial charge in [-0.1, -0.05) is 24.3 Å². The van der Waals surface area contributed by atoms with Gasteiger partial charge in [-0.25, -0.2) is 4.79 Å². The number of amides is 3. The van der Waals surface area contributed by atoms with E-state index in [0.29, 0.717) is 37.7 Å². The van der Waals surface area contributed by atoms with Gasteiger partial charge in [0, 0.05) is 37.1 Å². The molecule has 3 aromatic rings. The number of hydrogen-bond acceptors (Lipinski definition) is 5. The second-order valence-corrected chi connectivity index (χ2v) is 7.70. The van der Waals surface area contributed by atoms with Crippen molar-refractivity contribution in [1.82, 2.24) is 20.0 Å². The Morgan fingerprint density at radius 3 is 2.64 bits per heavy atom. The molecule has 0 spiro atoms. The van der Waals surface area contributed by atoms with E-state index in [1.807, 2.05) is 48.5 Å². The maximum Gasteiger partial charge on any atom is 0.322 e. The van der Waals surface area contributed by atoms with E-state index in [9.17, 15) is 9.59 Å². The summed E-state index contributed by atoms with van der Waals surface area (Å²) in [6.07, 6.45) is 3.54. The molecule has 0 bridgehead atoms. The molecule has 0 aliphatic carbocycles. The number of H-pyrrole nitrogens is 1. The molecule has 9 nitrogen and oxygen atoms in total. The van der Waals surface area contributed by atoms with Crippen LogP contribution in [-0.4, -0.2) is 71.9 Å². The van der Waals surface area contributed by atoms with Gasteiger partial charge in [0.2, 0.25) is 5.91 Å². The van der Waals surface area contributed by atoms with E-state index in [4.69, 9.17) is 9.47 Å². The van der Waals surface area contributed by atoms with Crippen molar-refractivity contribution in [3.8, 4) is 16.9 Å². The highest BCUT2D eigenvalue weighted by atomic mass is 16.5. The molecule has 0 saturated carbocycles. The van der Waals surface area contributed by atoms with E-state index >= 15 is 0 Å². The fourth-order valence-electron chi connectivity index (χ4n) is 3.62. The van der Waals surface area contributed by atoms with Crippen LogP contribution in [0.2, 0.25) is 0 Å². The van der Waals surface area contributed by atoms with Crippen LogP contribution in [0.1, 0.15) is 5.56 Å². The molecule has 0 unspecified atom stereocenters. The predicted molar refractivity (Wildman–Crippen MR) is 124 cm³/mol. The molecule has 3 amide bonds. The van der Waals surface area contributed by atoms with Crippen LogP contribution in [0.4, 0.5) is 10.5 Å². The molecule has 2 aromatic carbocycles. The van der Waals surface area contributed by atoms with Crippen LogP contribution in [0.15, 0.2) is 60.9 Å². The van der Waals surface area contributed by atoms with Gasteiger partial charge in [0.1, 0.15) is 12.3 Å². The standard InChI is InChI=1S/C24H27N5O4/c1-32-22-4-2-3-18(13-22)16-29(17-23(30)28-9-11-33-12-10-28)24(31)27-21-7-5-19(6-8-21)20-14-25-26-15-20/h2-8,13-15H,9-12,16-17H2,1H3,(H,25,26)(H,27,31). The minimum atomic E-state index is -0.351. The highest BCUT2D eigenvalue weighted by molar-refractivity contribution is 5.92.